The molecule has 0 spiro atoms. The molecule has 3 N–H and O–H groups in total. The number of aromatic nitrogens is 1. The summed E-state index contributed by atoms with van der Waals surface area (Å²) in [6.45, 7) is 0.0420. The van der Waals surface area contributed by atoms with E-state index in [1.807, 2.05) is 0 Å². The minimum absolute atomic E-state index is 0.0393. The zero-order valence-corrected chi connectivity index (χ0v) is 10.4. The minimum atomic E-state index is -3.45. The number of aromatic amines is 1. The number of hydrogen-bond donors (Lipinski definition) is 3. The van der Waals surface area contributed by atoms with Crippen LogP contribution in [0.1, 0.15) is 25.7 Å². The first-order valence-electron chi connectivity index (χ1n) is 5.89. The van der Waals surface area contributed by atoms with E-state index in [1.54, 1.807) is 6.20 Å². The van der Waals surface area contributed by atoms with E-state index in [0.29, 0.717) is 0 Å². The van der Waals surface area contributed by atoms with Gasteiger partial charge in [-0.3, -0.25) is 0 Å². The molecule has 0 aliphatic heterocycles. The number of sulfonamides is 1. The maximum Gasteiger partial charge on any atom is 0.242 e. The third-order valence-electron chi connectivity index (χ3n) is 3.33. The average Bonchev–Trinajstić information content (AvgIpc) is 2.83. The van der Waals surface area contributed by atoms with Crippen molar-refractivity contribution in [2.24, 2.45) is 5.92 Å². The quantitative estimate of drug-likeness (QED) is 0.748. The molecule has 0 amide bonds. The topological polar surface area (TPSA) is 82.2 Å². The Hall–Kier alpha value is -0.850. The second-order valence-corrected chi connectivity index (χ2v) is 6.22. The van der Waals surface area contributed by atoms with Crippen molar-refractivity contribution in [3.63, 3.8) is 0 Å². The maximum absolute atomic E-state index is 12.0. The Morgan fingerprint density at radius 1 is 1.41 bits per heavy atom. The van der Waals surface area contributed by atoms with Crippen LogP contribution in [0.2, 0.25) is 0 Å². The van der Waals surface area contributed by atoms with E-state index >= 15 is 0 Å². The monoisotopic (exact) mass is 258 g/mol. The molecule has 2 atom stereocenters. The molecule has 1 aromatic rings. The summed E-state index contributed by atoms with van der Waals surface area (Å²) in [6, 6.07) is 1.38. The lowest BCUT2D eigenvalue weighted by Crippen LogP contribution is -2.43. The molecule has 5 nitrogen and oxygen atoms in total. The molecule has 1 heterocycles. The van der Waals surface area contributed by atoms with Gasteiger partial charge in [0.2, 0.25) is 10.0 Å². The molecule has 17 heavy (non-hydrogen) atoms. The summed E-state index contributed by atoms with van der Waals surface area (Å²) in [5.74, 6) is 0.0393. The van der Waals surface area contributed by atoms with Crippen molar-refractivity contribution in [1.82, 2.24) is 9.71 Å². The van der Waals surface area contributed by atoms with Crippen LogP contribution in [0.25, 0.3) is 0 Å². The largest absolute Gasteiger partial charge is 0.396 e. The molecular formula is C11H18N2O3S. The van der Waals surface area contributed by atoms with Crippen LogP contribution in [0, 0.1) is 5.92 Å². The van der Waals surface area contributed by atoms with Crippen LogP contribution in [-0.4, -0.2) is 31.2 Å². The lowest BCUT2D eigenvalue weighted by molar-refractivity contribution is 0.164. The van der Waals surface area contributed by atoms with E-state index in [-0.39, 0.29) is 23.5 Å². The predicted molar refractivity (Wildman–Crippen MR) is 63.9 cm³/mol. The summed E-state index contributed by atoms with van der Waals surface area (Å²) in [7, 11) is -3.45. The van der Waals surface area contributed by atoms with E-state index < -0.39 is 10.0 Å². The van der Waals surface area contributed by atoms with Gasteiger partial charge in [0.25, 0.3) is 0 Å². The third kappa shape index (κ3) is 2.88. The van der Waals surface area contributed by atoms with Gasteiger partial charge in [-0.05, 0) is 24.8 Å². The van der Waals surface area contributed by atoms with Gasteiger partial charge in [0.15, 0.2) is 0 Å². The van der Waals surface area contributed by atoms with Crippen molar-refractivity contribution in [2.45, 2.75) is 36.6 Å². The number of H-pyrrole nitrogens is 1. The predicted octanol–water partition coefficient (Wildman–Crippen LogP) is 0.844. The van der Waals surface area contributed by atoms with Crippen molar-refractivity contribution in [2.75, 3.05) is 6.61 Å². The average molecular weight is 258 g/mol. The summed E-state index contributed by atoms with van der Waals surface area (Å²) < 4.78 is 26.7. The second-order valence-electron chi connectivity index (χ2n) is 4.50. The van der Waals surface area contributed by atoms with E-state index in [0.717, 1.165) is 25.7 Å². The van der Waals surface area contributed by atoms with Gasteiger partial charge in [-0.2, -0.15) is 0 Å². The van der Waals surface area contributed by atoms with Crippen molar-refractivity contribution >= 4 is 10.0 Å². The van der Waals surface area contributed by atoms with Crippen molar-refractivity contribution in [3.05, 3.63) is 18.5 Å². The molecule has 1 aliphatic carbocycles. The van der Waals surface area contributed by atoms with Crippen LogP contribution in [0.5, 0.6) is 0 Å². The van der Waals surface area contributed by atoms with Gasteiger partial charge in [0, 0.05) is 25.0 Å². The normalized spacial score (nSPS) is 25.9. The highest BCUT2D eigenvalue weighted by Crippen LogP contribution is 2.25. The van der Waals surface area contributed by atoms with Gasteiger partial charge >= 0.3 is 0 Å². The first-order valence-corrected chi connectivity index (χ1v) is 7.38. The molecule has 1 fully saturated rings. The van der Waals surface area contributed by atoms with E-state index in [1.165, 1.54) is 12.3 Å². The summed E-state index contributed by atoms with van der Waals surface area (Å²) in [6.07, 6.45) is 6.80. The second kappa shape index (κ2) is 5.20. The van der Waals surface area contributed by atoms with Crippen LogP contribution in [0.4, 0.5) is 0 Å². The Balaban J connectivity index is 2.09. The summed E-state index contributed by atoms with van der Waals surface area (Å²) in [5.41, 5.74) is 0. The van der Waals surface area contributed by atoms with Crippen LogP contribution < -0.4 is 4.72 Å². The van der Waals surface area contributed by atoms with Crippen LogP contribution in [0.15, 0.2) is 23.4 Å². The molecule has 1 saturated carbocycles. The molecule has 6 heteroatoms. The van der Waals surface area contributed by atoms with E-state index in [9.17, 15) is 13.5 Å². The van der Waals surface area contributed by atoms with Crippen LogP contribution in [0.3, 0.4) is 0 Å². The van der Waals surface area contributed by atoms with Crippen molar-refractivity contribution in [1.29, 1.82) is 0 Å². The number of nitrogens with one attached hydrogen (secondary N) is 2. The van der Waals surface area contributed by atoms with Gasteiger partial charge in [-0.1, -0.05) is 12.8 Å². The molecule has 1 aromatic heterocycles. The third-order valence-corrected chi connectivity index (χ3v) is 4.82. The molecule has 2 unspecified atom stereocenters. The fourth-order valence-corrected chi connectivity index (χ4v) is 3.64. The van der Waals surface area contributed by atoms with E-state index in [4.69, 9.17) is 0 Å². The zero-order chi connectivity index (χ0) is 12.3. The lowest BCUT2D eigenvalue weighted by atomic mass is 9.86. The zero-order valence-electron chi connectivity index (χ0n) is 9.59. The lowest BCUT2D eigenvalue weighted by Gasteiger charge is -2.30. The molecule has 0 aromatic carbocycles. The van der Waals surface area contributed by atoms with E-state index in [2.05, 4.69) is 9.71 Å². The summed E-state index contributed by atoms with van der Waals surface area (Å²) in [4.78, 5) is 2.98. The highest BCUT2D eigenvalue weighted by atomic mass is 32.2. The number of rotatable bonds is 4. The standard InChI is InChI=1S/C11H18N2O3S/c14-8-9-3-1-2-4-11(9)13-17(15,16)10-5-6-12-7-10/h5-7,9,11-14H,1-4,8H2. The van der Waals surface area contributed by atoms with Crippen LogP contribution in [-0.2, 0) is 10.0 Å². The molecule has 96 valence electrons. The smallest absolute Gasteiger partial charge is 0.242 e. The van der Waals surface area contributed by atoms with Crippen LogP contribution >= 0.6 is 0 Å². The number of hydrogen-bond acceptors (Lipinski definition) is 3. The molecule has 1 aliphatic rings. The Bertz CT molecular complexity index is 441. The summed E-state index contributed by atoms with van der Waals surface area (Å²) in [5, 5.41) is 9.25. The Morgan fingerprint density at radius 3 is 2.82 bits per heavy atom. The first kappa shape index (κ1) is 12.6. The number of aliphatic hydroxyl groups excluding tert-OH is 1. The van der Waals surface area contributed by atoms with Crippen molar-refractivity contribution < 1.29 is 13.5 Å². The number of aliphatic hydroxyl groups is 1. The molecule has 0 saturated heterocycles. The highest BCUT2D eigenvalue weighted by molar-refractivity contribution is 7.89. The maximum atomic E-state index is 12.0. The first-order chi connectivity index (χ1) is 8.13. The van der Waals surface area contributed by atoms with Gasteiger partial charge in [-0.25, -0.2) is 13.1 Å². The SMILES string of the molecule is O=S(=O)(NC1CCCCC1CO)c1cc[nH]c1. The van der Waals surface area contributed by atoms with Gasteiger partial charge in [0.1, 0.15) is 0 Å². The molecule has 2 rings (SSSR count). The van der Waals surface area contributed by atoms with Gasteiger partial charge < -0.3 is 10.1 Å². The van der Waals surface area contributed by atoms with Gasteiger partial charge in [-0.15, -0.1) is 0 Å². The fourth-order valence-electron chi connectivity index (χ4n) is 2.32. The Kier molecular flexibility index (Phi) is 3.86. The molecule has 0 bridgehead atoms. The summed E-state index contributed by atoms with van der Waals surface area (Å²) >= 11 is 0. The Labute approximate surface area is 101 Å². The van der Waals surface area contributed by atoms with Gasteiger partial charge in [0.05, 0.1) is 4.90 Å². The molecule has 0 radical (unpaired) electrons. The highest BCUT2D eigenvalue weighted by Gasteiger charge is 2.29. The minimum Gasteiger partial charge on any atom is -0.396 e. The molecular weight excluding hydrogens is 240 g/mol. The fraction of sp³-hybridized carbons (Fsp3) is 0.636. The van der Waals surface area contributed by atoms with Crippen molar-refractivity contribution in [3.8, 4) is 0 Å². The Morgan fingerprint density at radius 2 is 2.18 bits per heavy atom.